The van der Waals surface area contributed by atoms with Gasteiger partial charge in [-0.05, 0) is 25.5 Å². The van der Waals surface area contributed by atoms with E-state index in [-0.39, 0.29) is 6.10 Å². The Morgan fingerprint density at radius 3 is 2.86 bits per heavy atom. The first-order valence-electron chi connectivity index (χ1n) is 5.10. The topological polar surface area (TPSA) is 20.2 Å². The Morgan fingerprint density at radius 1 is 1.43 bits per heavy atom. The minimum atomic E-state index is -0.162. The van der Waals surface area contributed by atoms with Crippen molar-refractivity contribution in [3.05, 3.63) is 29.8 Å². The van der Waals surface area contributed by atoms with Crippen LogP contribution in [0.25, 0.3) is 0 Å². The molecule has 0 radical (unpaired) electrons. The van der Waals surface area contributed by atoms with Crippen LogP contribution in [-0.4, -0.2) is 17.0 Å². The zero-order valence-corrected chi connectivity index (χ0v) is 9.68. The van der Waals surface area contributed by atoms with Gasteiger partial charge in [-0.3, -0.25) is 0 Å². The molecule has 1 rings (SSSR count). The summed E-state index contributed by atoms with van der Waals surface area (Å²) in [6.07, 6.45) is 1.79. The minimum Gasteiger partial charge on any atom is -0.392 e. The normalized spacial score (nSPS) is 12.8. The quantitative estimate of drug-likeness (QED) is 0.753. The van der Waals surface area contributed by atoms with Crippen LogP contribution in [-0.2, 0) is 0 Å². The van der Waals surface area contributed by atoms with Crippen molar-refractivity contribution < 1.29 is 5.11 Å². The summed E-state index contributed by atoms with van der Waals surface area (Å²) in [5, 5.41) is 9.56. The first kappa shape index (κ1) is 11.6. The third-order valence-corrected chi connectivity index (χ3v) is 3.19. The van der Waals surface area contributed by atoms with Gasteiger partial charge in [0.1, 0.15) is 0 Å². The molecule has 0 heterocycles. The number of aryl methyl sites for hydroxylation is 1. The number of hydrogen-bond acceptors (Lipinski definition) is 2. The van der Waals surface area contributed by atoms with E-state index >= 15 is 0 Å². The number of hydrogen-bond donors (Lipinski definition) is 1. The van der Waals surface area contributed by atoms with Crippen LogP contribution in [0.5, 0.6) is 0 Å². The lowest BCUT2D eigenvalue weighted by Crippen LogP contribution is -2.08. The van der Waals surface area contributed by atoms with Gasteiger partial charge in [0.15, 0.2) is 0 Å². The molecule has 0 aliphatic rings. The van der Waals surface area contributed by atoms with Crippen LogP contribution < -0.4 is 0 Å². The van der Waals surface area contributed by atoms with Crippen LogP contribution >= 0.6 is 11.8 Å². The van der Waals surface area contributed by atoms with E-state index in [1.807, 2.05) is 0 Å². The van der Waals surface area contributed by atoms with Gasteiger partial charge in [-0.2, -0.15) is 0 Å². The molecule has 1 nitrogen and oxygen atoms in total. The van der Waals surface area contributed by atoms with E-state index in [2.05, 4.69) is 38.1 Å². The van der Waals surface area contributed by atoms with Crippen LogP contribution in [0, 0.1) is 6.92 Å². The predicted octanol–water partition coefficient (Wildman–Crippen LogP) is 3.25. The van der Waals surface area contributed by atoms with E-state index in [1.54, 1.807) is 11.8 Å². The van der Waals surface area contributed by atoms with E-state index in [1.165, 1.54) is 10.5 Å². The summed E-state index contributed by atoms with van der Waals surface area (Å²) >= 11 is 1.73. The smallest absolute Gasteiger partial charge is 0.0634 e. The average Bonchev–Trinajstić information content (AvgIpc) is 2.15. The van der Waals surface area contributed by atoms with Gasteiger partial charge in [0.25, 0.3) is 0 Å². The Labute approximate surface area is 90.5 Å². The molecule has 1 N–H and O–H groups in total. The summed E-state index contributed by atoms with van der Waals surface area (Å²) in [6.45, 7) is 4.19. The van der Waals surface area contributed by atoms with Crippen molar-refractivity contribution in [2.45, 2.75) is 37.7 Å². The van der Waals surface area contributed by atoms with E-state index in [9.17, 15) is 5.11 Å². The Morgan fingerprint density at radius 2 is 2.21 bits per heavy atom. The summed E-state index contributed by atoms with van der Waals surface area (Å²) in [5.41, 5.74) is 1.28. The van der Waals surface area contributed by atoms with Crippen LogP contribution in [0.1, 0.15) is 25.3 Å². The van der Waals surface area contributed by atoms with Crippen molar-refractivity contribution in [1.29, 1.82) is 0 Å². The maximum atomic E-state index is 9.56. The van der Waals surface area contributed by atoms with Crippen molar-refractivity contribution in [3.8, 4) is 0 Å². The molecular weight excluding hydrogens is 192 g/mol. The molecule has 78 valence electrons. The number of aliphatic hydroxyl groups is 1. The lowest BCUT2D eigenvalue weighted by molar-refractivity contribution is 0.188. The molecule has 0 aliphatic heterocycles. The van der Waals surface area contributed by atoms with Crippen molar-refractivity contribution >= 4 is 11.8 Å². The van der Waals surface area contributed by atoms with Crippen LogP contribution in [0.4, 0.5) is 0 Å². The Bertz CT molecular complexity index is 273. The first-order valence-corrected chi connectivity index (χ1v) is 6.08. The number of thioether (sulfide) groups is 1. The van der Waals surface area contributed by atoms with Gasteiger partial charge in [0, 0.05) is 10.6 Å². The van der Waals surface area contributed by atoms with Crippen LogP contribution in [0.3, 0.4) is 0 Å². The summed E-state index contributed by atoms with van der Waals surface area (Å²) in [7, 11) is 0. The van der Waals surface area contributed by atoms with Crippen LogP contribution in [0.15, 0.2) is 29.2 Å². The average molecular weight is 210 g/mol. The van der Waals surface area contributed by atoms with Gasteiger partial charge in [-0.15, -0.1) is 11.8 Å². The number of benzene rings is 1. The molecule has 0 saturated carbocycles. The van der Waals surface area contributed by atoms with Crippen LogP contribution in [0.2, 0.25) is 0 Å². The number of aliphatic hydroxyl groups excluding tert-OH is 1. The molecule has 0 spiro atoms. The second-order valence-corrected chi connectivity index (χ2v) is 4.66. The minimum absolute atomic E-state index is 0.162. The molecule has 0 saturated heterocycles. The fourth-order valence-electron chi connectivity index (χ4n) is 1.31. The molecule has 0 amide bonds. The molecule has 14 heavy (non-hydrogen) atoms. The third-order valence-electron chi connectivity index (χ3n) is 2.05. The Kier molecular flexibility index (Phi) is 5.05. The maximum absolute atomic E-state index is 9.56. The summed E-state index contributed by atoms with van der Waals surface area (Å²) in [5.74, 6) is 0.803. The van der Waals surface area contributed by atoms with E-state index < -0.39 is 0 Å². The van der Waals surface area contributed by atoms with Crippen molar-refractivity contribution in [2.24, 2.45) is 0 Å². The summed E-state index contributed by atoms with van der Waals surface area (Å²) in [6, 6.07) is 8.40. The highest BCUT2D eigenvalue weighted by atomic mass is 32.2. The molecule has 2 heteroatoms. The van der Waals surface area contributed by atoms with Gasteiger partial charge in [0.05, 0.1) is 6.10 Å². The largest absolute Gasteiger partial charge is 0.392 e. The summed E-state index contributed by atoms with van der Waals surface area (Å²) in [4.78, 5) is 1.25. The Hall–Kier alpha value is -0.470. The van der Waals surface area contributed by atoms with Gasteiger partial charge >= 0.3 is 0 Å². The van der Waals surface area contributed by atoms with Crippen molar-refractivity contribution in [3.63, 3.8) is 0 Å². The monoisotopic (exact) mass is 210 g/mol. The lowest BCUT2D eigenvalue weighted by Gasteiger charge is -2.08. The molecule has 1 unspecified atom stereocenters. The van der Waals surface area contributed by atoms with E-state index in [4.69, 9.17) is 0 Å². The molecule has 1 aromatic rings. The fraction of sp³-hybridized carbons (Fsp3) is 0.500. The molecule has 1 atom stereocenters. The molecule has 0 aromatic heterocycles. The second kappa shape index (κ2) is 6.10. The standard InChI is InChI=1S/C12H18OS/c1-3-5-11(13)9-14-12-7-4-6-10(2)8-12/h4,6-8,11,13H,3,5,9H2,1-2H3. The molecular formula is C12H18OS. The van der Waals surface area contributed by atoms with E-state index in [0.29, 0.717) is 0 Å². The van der Waals surface area contributed by atoms with Gasteiger partial charge in [0.2, 0.25) is 0 Å². The lowest BCUT2D eigenvalue weighted by atomic mass is 10.2. The number of rotatable bonds is 5. The molecule has 1 aromatic carbocycles. The van der Waals surface area contributed by atoms with Gasteiger partial charge in [-0.25, -0.2) is 0 Å². The highest BCUT2D eigenvalue weighted by Gasteiger charge is 2.03. The second-order valence-electron chi connectivity index (χ2n) is 3.57. The predicted molar refractivity (Wildman–Crippen MR) is 62.8 cm³/mol. The Balaban J connectivity index is 2.37. The van der Waals surface area contributed by atoms with Crippen molar-refractivity contribution in [2.75, 3.05) is 5.75 Å². The fourth-order valence-corrected chi connectivity index (χ4v) is 2.31. The SMILES string of the molecule is CCCC(O)CSc1cccc(C)c1. The van der Waals surface area contributed by atoms with Gasteiger partial charge < -0.3 is 5.11 Å². The third kappa shape index (κ3) is 4.16. The summed E-state index contributed by atoms with van der Waals surface area (Å²) < 4.78 is 0. The molecule has 0 aliphatic carbocycles. The zero-order valence-electron chi connectivity index (χ0n) is 8.86. The van der Waals surface area contributed by atoms with Gasteiger partial charge in [-0.1, -0.05) is 31.0 Å². The van der Waals surface area contributed by atoms with E-state index in [0.717, 1.165) is 18.6 Å². The van der Waals surface area contributed by atoms with Crippen molar-refractivity contribution in [1.82, 2.24) is 0 Å². The highest BCUT2D eigenvalue weighted by molar-refractivity contribution is 7.99. The molecule has 0 fully saturated rings. The highest BCUT2D eigenvalue weighted by Crippen LogP contribution is 2.20. The molecule has 0 bridgehead atoms. The first-order chi connectivity index (χ1) is 6.72. The zero-order chi connectivity index (χ0) is 10.4. The maximum Gasteiger partial charge on any atom is 0.0634 e.